The largest absolute Gasteiger partial charge is 0.269 e. The van der Waals surface area contributed by atoms with Gasteiger partial charge in [-0.3, -0.25) is 19.5 Å². The summed E-state index contributed by atoms with van der Waals surface area (Å²) in [5.41, 5.74) is 2.47. The normalized spacial score (nSPS) is 14.4. The van der Waals surface area contributed by atoms with Crippen molar-refractivity contribution in [3.05, 3.63) is 100 Å². The van der Waals surface area contributed by atoms with Gasteiger partial charge in [-0.1, -0.05) is 41.9 Å². The molecular weight excluding hydrogens is 348 g/mol. The summed E-state index contributed by atoms with van der Waals surface area (Å²) >= 11 is 6.16. The molecule has 1 aromatic heterocycles. The maximum Gasteiger partial charge on any atom is 0.262 e. The van der Waals surface area contributed by atoms with Gasteiger partial charge in [-0.05, 0) is 42.0 Å². The van der Waals surface area contributed by atoms with E-state index in [0.717, 1.165) is 11.3 Å². The van der Waals surface area contributed by atoms with E-state index in [1.165, 1.54) is 4.90 Å². The number of pyridine rings is 1. The van der Waals surface area contributed by atoms with E-state index in [2.05, 4.69) is 4.98 Å². The number of imide groups is 1. The van der Waals surface area contributed by atoms with Gasteiger partial charge in [0.1, 0.15) is 0 Å². The first kappa shape index (κ1) is 16.5. The van der Waals surface area contributed by atoms with Crippen molar-refractivity contribution >= 4 is 23.4 Å². The van der Waals surface area contributed by atoms with Gasteiger partial charge in [0.15, 0.2) is 0 Å². The van der Waals surface area contributed by atoms with Crippen molar-refractivity contribution in [2.75, 3.05) is 0 Å². The van der Waals surface area contributed by atoms with Crippen LogP contribution in [0.5, 0.6) is 0 Å². The Bertz CT molecular complexity index is 953. The number of nitrogens with zero attached hydrogens (tertiary/aromatic N) is 2. The van der Waals surface area contributed by atoms with Crippen molar-refractivity contribution in [2.24, 2.45) is 0 Å². The monoisotopic (exact) mass is 362 g/mol. The van der Waals surface area contributed by atoms with Gasteiger partial charge < -0.3 is 0 Å². The molecule has 4 rings (SSSR count). The summed E-state index contributed by atoms with van der Waals surface area (Å²) in [7, 11) is 0. The lowest BCUT2D eigenvalue weighted by atomic mass is 10.00. The summed E-state index contributed by atoms with van der Waals surface area (Å²) in [4.78, 5) is 31.6. The quantitative estimate of drug-likeness (QED) is 0.649. The summed E-state index contributed by atoms with van der Waals surface area (Å²) in [5.74, 6) is -0.571. The fourth-order valence-electron chi connectivity index (χ4n) is 3.28. The Labute approximate surface area is 156 Å². The predicted octanol–water partition coefficient (Wildman–Crippen LogP) is 4.32. The third kappa shape index (κ3) is 2.89. The second kappa shape index (κ2) is 6.73. The molecule has 128 valence electrons. The van der Waals surface area contributed by atoms with E-state index in [1.54, 1.807) is 42.6 Å². The average Bonchev–Trinajstić information content (AvgIpc) is 2.92. The maximum atomic E-state index is 12.9. The molecule has 5 heteroatoms. The second-order valence-corrected chi connectivity index (χ2v) is 6.56. The van der Waals surface area contributed by atoms with E-state index in [1.807, 2.05) is 30.3 Å². The molecule has 0 saturated carbocycles. The van der Waals surface area contributed by atoms with Crippen LogP contribution in [0.1, 0.15) is 38.0 Å². The number of amides is 2. The summed E-state index contributed by atoms with van der Waals surface area (Å²) in [6.45, 7) is 0. The smallest absolute Gasteiger partial charge is 0.262 e. The van der Waals surface area contributed by atoms with Gasteiger partial charge in [-0.15, -0.1) is 0 Å². The van der Waals surface area contributed by atoms with Gasteiger partial charge >= 0.3 is 0 Å². The van der Waals surface area contributed by atoms with Crippen LogP contribution in [0.4, 0.5) is 0 Å². The van der Waals surface area contributed by atoms with Crippen LogP contribution in [0, 0.1) is 0 Å². The maximum absolute atomic E-state index is 12.9. The molecule has 2 amide bonds. The molecular formula is C21H15ClN2O2. The Kier molecular flexibility index (Phi) is 4.27. The second-order valence-electron chi connectivity index (χ2n) is 6.12. The van der Waals surface area contributed by atoms with E-state index in [-0.39, 0.29) is 11.8 Å². The van der Waals surface area contributed by atoms with Crippen LogP contribution < -0.4 is 0 Å². The number of carbonyl (C=O) groups is 2. The lowest BCUT2D eigenvalue weighted by molar-refractivity contribution is 0.0580. The standard InChI is InChI=1S/C21H15ClN2O2/c22-15-7-5-6-14(12-15)19(13-16-8-3-4-11-23-16)24-20(25)17-9-1-2-10-18(17)21(24)26/h1-12,19H,13H2. The van der Waals surface area contributed by atoms with E-state index in [4.69, 9.17) is 11.6 Å². The minimum atomic E-state index is -0.476. The topological polar surface area (TPSA) is 50.3 Å². The number of rotatable bonds is 4. The zero-order chi connectivity index (χ0) is 18.1. The molecule has 1 atom stereocenters. The fourth-order valence-corrected chi connectivity index (χ4v) is 3.48. The highest BCUT2D eigenvalue weighted by atomic mass is 35.5. The zero-order valence-corrected chi connectivity index (χ0v) is 14.6. The molecule has 1 unspecified atom stereocenters. The highest BCUT2D eigenvalue weighted by Crippen LogP contribution is 2.34. The van der Waals surface area contributed by atoms with Crippen LogP contribution in [0.15, 0.2) is 72.9 Å². The minimum Gasteiger partial charge on any atom is -0.269 e. The molecule has 2 aromatic carbocycles. The number of fused-ring (bicyclic) bond motifs is 1. The summed E-state index contributed by atoms with van der Waals surface area (Å²) in [6.07, 6.45) is 2.12. The molecule has 0 bridgehead atoms. The lowest BCUT2D eigenvalue weighted by Gasteiger charge is -2.26. The van der Waals surface area contributed by atoms with Crippen molar-refractivity contribution in [3.63, 3.8) is 0 Å². The number of benzene rings is 2. The molecule has 3 aromatic rings. The van der Waals surface area contributed by atoms with E-state index >= 15 is 0 Å². The molecule has 0 saturated heterocycles. The minimum absolute atomic E-state index is 0.286. The third-order valence-corrected chi connectivity index (χ3v) is 4.73. The number of aromatic nitrogens is 1. The van der Waals surface area contributed by atoms with Crippen LogP contribution in [0.2, 0.25) is 5.02 Å². The Morgan fingerprint density at radius 3 is 2.19 bits per heavy atom. The van der Waals surface area contributed by atoms with Gasteiger partial charge in [0.2, 0.25) is 0 Å². The van der Waals surface area contributed by atoms with Crippen molar-refractivity contribution in [1.29, 1.82) is 0 Å². The van der Waals surface area contributed by atoms with Gasteiger partial charge in [0.05, 0.1) is 17.2 Å². The Balaban J connectivity index is 1.79. The van der Waals surface area contributed by atoms with Crippen molar-refractivity contribution in [2.45, 2.75) is 12.5 Å². The SMILES string of the molecule is O=C1c2ccccc2C(=O)N1C(Cc1ccccn1)c1cccc(Cl)c1. The predicted molar refractivity (Wildman–Crippen MR) is 99.1 cm³/mol. The Morgan fingerprint density at radius 2 is 1.58 bits per heavy atom. The van der Waals surface area contributed by atoms with E-state index in [0.29, 0.717) is 22.6 Å². The van der Waals surface area contributed by atoms with Crippen molar-refractivity contribution < 1.29 is 9.59 Å². The van der Waals surface area contributed by atoms with Gasteiger partial charge in [0, 0.05) is 23.3 Å². The number of halogens is 1. The molecule has 0 radical (unpaired) electrons. The molecule has 0 aliphatic carbocycles. The molecule has 1 aliphatic heterocycles. The first-order valence-electron chi connectivity index (χ1n) is 8.27. The van der Waals surface area contributed by atoms with E-state index < -0.39 is 6.04 Å². The van der Waals surface area contributed by atoms with E-state index in [9.17, 15) is 9.59 Å². The first-order valence-corrected chi connectivity index (χ1v) is 8.65. The summed E-state index contributed by atoms with van der Waals surface area (Å²) < 4.78 is 0. The van der Waals surface area contributed by atoms with Crippen molar-refractivity contribution in [1.82, 2.24) is 9.88 Å². The number of hydrogen-bond acceptors (Lipinski definition) is 3. The van der Waals surface area contributed by atoms with Crippen LogP contribution in [-0.2, 0) is 6.42 Å². The third-order valence-electron chi connectivity index (χ3n) is 4.50. The van der Waals surface area contributed by atoms with Crippen molar-refractivity contribution in [3.8, 4) is 0 Å². The number of carbonyl (C=O) groups excluding carboxylic acids is 2. The van der Waals surface area contributed by atoms with Gasteiger partial charge in [-0.2, -0.15) is 0 Å². The molecule has 0 spiro atoms. The molecule has 1 aliphatic rings. The van der Waals surface area contributed by atoms with Gasteiger partial charge in [-0.25, -0.2) is 0 Å². The van der Waals surface area contributed by atoms with Crippen LogP contribution in [0.25, 0.3) is 0 Å². The van der Waals surface area contributed by atoms with Crippen LogP contribution in [0.3, 0.4) is 0 Å². The van der Waals surface area contributed by atoms with Crippen LogP contribution in [-0.4, -0.2) is 21.7 Å². The summed E-state index contributed by atoms with van der Waals surface area (Å²) in [6, 6.07) is 19.3. The Hall–Kier alpha value is -2.98. The molecule has 2 heterocycles. The highest BCUT2D eigenvalue weighted by molar-refractivity contribution is 6.30. The Morgan fingerprint density at radius 1 is 0.885 bits per heavy atom. The van der Waals surface area contributed by atoms with Gasteiger partial charge in [0.25, 0.3) is 11.8 Å². The fraction of sp³-hybridized carbons (Fsp3) is 0.0952. The summed E-state index contributed by atoms with van der Waals surface area (Å²) in [5, 5.41) is 0.560. The number of hydrogen-bond donors (Lipinski definition) is 0. The molecule has 26 heavy (non-hydrogen) atoms. The molecule has 4 nitrogen and oxygen atoms in total. The molecule has 0 N–H and O–H groups in total. The highest BCUT2D eigenvalue weighted by Gasteiger charge is 2.40. The zero-order valence-electron chi connectivity index (χ0n) is 13.8. The van der Waals surface area contributed by atoms with Crippen LogP contribution >= 0.6 is 11.6 Å². The lowest BCUT2D eigenvalue weighted by Crippen LogP contribution is -2.35. The average molecular weight is 363 g/mol. The first-order chi connectivity index (χ1) is 12.6. The molecule has 0 fully saturated rings.